The second-order valence-electron chi connectivity index (χ2n) is 9.09. The van der Waals surface area contributed by atoms with Gasteiger partial charge in [0.05, 0.1) is 17.7 Å². The molecule has 2 aromatic carbocycles. The zero-order valence-electron chi connectivity index (χ0n) is 20.6. The van der Waals surface area contributed by atoms with Crippen molar-refractivity contribution in [2.75, 3.05) is 12.4 Å². The van der Waals surface area contributed by atoms with E-state index in [9.17, 15) is 9.59 Å². The molecule has 1 aliphatic heterocycles. The van der Waals surface area contributed by atoms with Gasteiger partial charge in [0.15, 0.2) is 0 Å². The number of aromatic nitrogens is 2. The SMILES string of the molecule is COc1ccccc1-c1ccccc1CNC1CCC(Nc2nccc(C=C3SC(=O)NC3=O)n2)CC1. The van der Waals surface area contributed by atoms with Crippen LogP contribution < -0.4 is 20.7 Å². The largest absolute Gasteiger partial charge is 0.496 e. The fraction of sp³-hybridized carbons (Fsp3) is 0.286. The highest BCUT2D eigenvalue weighted by atomic mass is 32.2. The van der Waals surface area contributed by atoms with Crippen molar-refractivity contribution >= 4 is 34.9 Å². The molecule has 9 heteroatoms. The molecule has 2 aliphatic rings. The van der Waals surface area contributed by atoms with Gasteiger partial charge in [-0.25, -0.2) is 9.97 Å². The number of rotatable bonds is 8. The number of hydrogen-bond donors (Lipinski definition) is 3. The number of nitrogens with zero attached hydrogens (tertiary/aromatic N) is 2. The van der Waals surface area contributed by atoms with Crippen molar-refractivity contribution in [3.8, 4) is 16.9 Å². The molecule has 1 aromatic heterocycles. The lowest BCUT2D eigenvalue weighted by Gasteiger charge is -2.30. The number of nitrogens with one attached hydrogen (secondary N) is 3. The second-order valence-corrected chi connectivity index (χ2v) is 10.1. The van der Waals surface area contributed by atoms with Crippen molar-refractivity contribution in [3.63, 3.8) is 0 Å². The highest BCUT2D eigenvalue weighted by Gasteiger charge is 2.25. The Balaban J connectivity index is 1.15. The molecule has 1 saturated heterocycles. The molecular formula is C28H29N5O3S. The summed E-state index contributed by atoms with van der Waals surface area (Å²) in [6, 6.07) is 19.0. The fourth-order valence-electron chi connectivity index (χ4n) is 4.76. The summed E-state index contributed by atoms with van der Waals surface area (Å²) in [4.78, 5) is 32.4. The lowest BCUT2D eigenvalue weighted by atomic mass is 9.90. The summed E-state index contributed by atoms with van der Waals surface area (Å²) in [5.74, 6) is 1.02. The number of amides is 2. The van der Waals surface area contributed by atoms with Crippen LogP contribution in [0, 0.1) is 0 Å². The smallest absolute Gasteiger partial charge is 0.290 e. The minimum atomic E-state index is -0.389. The van der Waals surface area contributed by atoms with E-state index >= 15 is 0 Å². The maximum absolute atomic E-state index is 11.8. The van der Waals surface area contributed by atoms with E-state index in [1.807, 2.05) is 18.2 Å². The molecule has 0 atom stereocenters. The van der Waals surface area contributed by atoms with Crippen LogP contribution in [0.3, 0.4) is 0 Å². The van der Waals surface area contributed by atoms with E-state index in [0.29, 0.717) is 22.6 Å². The number of carbonyl (C=O) groups excluding carboxylic acids is 2. The zero-order valence-corrected chi connectivity index (χ0v) is 21.4. The molecular weight excluding hydrogens is 486 g/mol. The molecule has 2 heterocycles. The zero-order chi connectivity index (χ0) is 25.6. The van der Waals surface area contributed by atoms with Gasteiger partial charge >= 0.3 is 0 Å². The first kappa shape index (κ1) is 25.0. The number of benzene rings is 2. The Bertz CT molecular complexity index is 1320. The summed E-state index contributed by atoms with van der Waals surface area (Å²) in [6.07, 6.45) is 7.39. The number of methoxy groups -OCH3 is 1. The quantitative estimate of drug-likeness (QED) is 0.361. The van der Waals surface area contributed by atoms with Gasteiger partial charge in [-0.05, 0) is 66.8 Å². The van der Waals surface area contributed by atoms with Gasteiger partial charge in [-0.3, -0.25) is 14.9 Å². The van der Waals surface area contributed by atoms with Crippen LogP contribution in [-0.2, 0) is 11.3 Å². The summed E-state index contributed by atoms with van der Waals surface area (Å²) < 4.78 is 5.59. The van der Waals surface area contributed by atoms with Gasteiger partial charge in [-0.2, -0.15) is 0 Å². The molecule has 3 aromatic rings. The summed E-state index contributed by atoms with van der Waals surface area (Å²) in [5, 5.41) is 9.08. The molecule has 3 N–H and O–H groups in total. The Hall–Kier alpha value is -3.69. The van der Waals surface area contributed by atoms with Crippen LogP contribution >= 0.6 is 11.8 Å². The highest BCUT2D eigenvalue weighted by molar-refractivity contribution is 8.18. The molecule has 0 unspecified atom stereocenters. The Labute approximate surface area is 220 Å². The lowest BCUT2D eigenvalue weighted by molar-refractivity contribution is -0.115. The molecule has 0 spiro atoms. The monoisotopic (exact) mass is 515 g/mol. The number of carbonyl (C=O) groups is 2. The maximum atomic E-state index is 11.8. The number of ether oxygens (including phenoxy) is 1. The first-order valence-corrected chi connectivity index (χ1v) is 13.2. The third-order valence-corrected chi connectivity index (χ3v) is 7.46. The first-order chi connectivity index (χ1) is 18.1. The summed E-state index contributed by atoms with van der Waals surface area (Å²) >= 11 is 0.882. The molecule has 8 nitrogen and oxygen atoms in total. The normalized spacial score (nSPS) is 20.6. The van der Waals surface area contributed by atoms with Crippen LogP contribution in [0.5, 0.6) is 5.75 Å². The van der Waals surface area contributed by atoms with E-state index < -0.39 is 0 Å². The van der Waals surface area contributed by atoms with Crippen molar-refractivity contribution in [1.29, 1.82) is 0 Å². The standard InChI is InChI=1S/C28H29N5O3S/c1-36-24-9-5-4-8-23(24)22-7-3-2-6-18(22)17-30-19-10-12-20(13-11-19)31-27-29-15-14-21(32-27)16-25-26(34)33-28(35)37-25/h2-9,14-16,19-20,30H,10-13,17H2,1H3,(H,29,31,32)(H,33,34,35). The van der Waals surface area contributed by atoms with Crippen molar-refractivity contribution in [2.45, 2.75) is 44.3 Å². The predicted octanol–water partition coefficient (Wildman–Crippen LogP) is 4.99. The van der Waals surface area contributed by atoms with Crippen LogP contribution in [0.4, 0.5) is 10.7 Å². The van der Waals surface area contributed by atoms with Crippen molar-refractivity contribution < 1.29 is 14.3 Å². The van der Waals surface area contributed by atoms with Gasteiger partial charge in [0.25, 0.3) is 11.1 Å². The van der Waals surface area contributed by atoms with Gasteiger partial charge in [-0.1, -0.05) is 42.5 Å². The van der Waals surface area contributed by atoms with E-state index in [0.717, 1.165) is 55.3 Å². The molecule has 37 heavy (non-hydrogen) atoms. The second kappa shape index (κ2) is 11.6. The summed E-state index contributed by atoms with van der Waals surface area (Å²) in [6.45, 7) is 0.797. The number of para-hydroxylation sites is 1. The number of imide groups is 1. The average Bonchev–Trinajstić information content (AvgIpc) is 3.24. The Kier molecular flexibility index (Phi) is 7.82. The molecule has 1 saturated carbocycles. The van der Waals surface area contributed by atoms with Gasteiger partial charge in [0, 0.05) is 30.4 Å². The van der Waals surface area contributed by atoms with Crippen molar-refractivity contribution in [2.24, 2.45) is 0 Å². The van der Waals surface area contributed by atoms with Gasteiger partial charge < -0.3 is 15.4 Å². The molecule has 190 valence electrons. The van der Waals surface area contributed by atoms with Crippen LogP contribution in [-0.4, -0.2) is 40.3 Å². The van der Waals surface area contributed by atoms with E-state index in [1.165, 1.54) is 11.1 Å². The summed E-state index contributed by atoms with van der Waals surface area (Å²) in [7, 11) is 1.71. The minimum absolute atomic E-state index is 0.285. The van der Waals surface area contributed by atoms with E-state index in [1.54, 1.807) is 25.4 Å². The fourth-order valence-corrected chi connectivity index (χ4v) is 5.43. The molecule has 2 fully saturated rings. The third-order valence-electron chi connectivity index (χ3n) is 6.65. The molecule has 0 bridgehead atoms. The van der Waals surface area contributed by atoms with Crippen molar-refractivity contribution in [3.05, 3.63) is 77.0 Å². The van der Waals surface area contributed by atoms with Crippen LogP contribution in [0.1, 0.15) is 36.9 Å². The van der Waals surface area contributed by atoms with Crippen LogP contribution in [0.2, 0.25) is 0 Å². The maximum Gasteiger partial charge on any atom is 0.290 e. The van der Waals surface area contributed by atoms with Crippen LogP contribution in [0.25, 0.3) is 17.2 Å². The molecule has 5 rings (SSSR count). The Morgan fingerprint density at radius 3 is 2.49 bits per heavy atom. The summed E-state index contributed by atoms with van der Waals surface area (Å²) in [5.41, 5.74) is 4.14. The van der Waals surface area contributed by atoms with Gasteiger partial charge in [0.1, 0.15) is 5.75 Å². The minimum Gasteiger partial charge on any atom is -0.496 e. The first-order valence-electron chi connectivity index (χ1n) is 12.4. The highest BCUT2D eigenvalue weighted by Crippen LogP contribution is 2.32. The Morgan fingerprint density at radius 2 is 1.73 bits per heavy atom. The van der Waals surface area contributed by atoms with Gasteiger partial charge in [0.2, 0.25) is 5.95 Å². The van der Waals surface area contributed by atoms with E-state index in [2.05, 4.69) is 56.3 Å². The van der Waals surface area contributed by atoms with Gasteiger partial charge in [-0.15, -0.1) is 0 Å². The van der Waals surface area contributed by atoms with Crippen molar-refractivity contribution in [1.82, 2.24) is 20.6 Å². The molecule has 1 aliphatic carbocycles. The van der Waals surface area contributed by atoms with E-state index in [-0.39, 0.29) is 17.2 Å². The number of hydrogen-bond acceptors (Lipinski definition) is 8. The number of anilines is 1. The predicted molar refractivity (Wildman–Crippen MR) is 146 cm³/mol. The van der Waals surface area contributed by atoms with Crippen LogP contribution in [0.15, 0.2) is 65.7 Å². The van der Waals surface area contributed by atoms with E-state index in [4.69, 9.17) is 4.74 Å². The number of thioether (sulfide) groups is 1. The topological polar surface area (TPSA) is 105 Å². The Morgan fingerprint density at radius 1 is 1.00 bits per heavy atom. The lowest BCUT2D eigenvalue weighted by Crippen LogP contribution is -2.37. The molecule has 0 radical (unpaired) electrons. The average molecular weight is 516 g/mol. The molecule has 2 amide bonds. The third kappa shape index (κ3) is 6.18.